The van der Waals surface area contributed by atoms with Crippen LogP contribution in [0, 0.1) is 0 Å². The van der Waals surface area contributed by atoms with Crippen LogP contribution < -0.4 is 5.32 Å². The van der Waals surface area contributed by atoms with Crippen molar-refractivity contribution < 1.29 is 5.11 Å². The Kier molecular flexibility index (Phi) is 2.71. The number of aromatic amines is 1. The molecule has 1 aliphatic heterocycles. The summed E-state index contributed by atoms with van der Waals surface area (Å²) in [5, 5.41) is 13.7. The van der Waals surface area contributed by atoms with Crippen LogP contribution in [-0.2, 0) is 6.61 Å². The van der Waals surface area contributed by atoms with Gasteiger partial charge in [-0.3, -0.25) is 0 Å². The summed E-state index contributed by atoms with van der Waals surface area (Å²) < 4.78 is 0. The molecule has 2 heterocycles. The van der Waals surface area contributed by atoms with E-state index in [2.05, 4.69) is 28.6 Å². The van der Waals surface area contributed by atoms with Gasteiger partial charge in [0.2, 0.25) is 0 Å². The molecule has 3 heteroatoms. The summed E-state index contributed by atoms with van der Waals surface area (Å²) >= 11 is 0. The van der Waals surface area contributed by atoms with Gasteiger partial charge in [-0.15, -0.1) is 0 Å². The summed E-state index contributed by atoms with van der Waals surface area (Å²) in [4.78, 5) is 3.29. The van der Waals surface area contributed by atoms with E-state index >= 15 is 0 Å². The standard InChI is InChI=1S/C14H16N2O/c17-9-10-1-2-14-12(7-10)13(8-16-14)11-3-5-15-6-4-11/h1-3,7-8,15-17H,4-6,9H2. The fourth-order valence-electron chi connectivity index (χ4n) is 2.40. The number of fused-ring (bicyclic) bond motifs is 1. The number of hydrogen-bond donors (Lipinski definition) is 3. The van der Waals surface area contributed by atoms with Gasteiger partial charge in [0.1, 0.15) is 0 Å². The maximum absolute atomic E-state index is 9.20. The van der Waals surface area contributed by atoms with Crippen LogP contribution in [0.2, 0.25) is 0 Å². The second kappa shape index (κ2) is 4.35. The molecule has 1 aromatic heterocycles. The van der Waals surface area contributed by atoms with E-state index in [9.17, 15) is 5.11 Å². The zero-order valence-corrected chi connectivity index (χ0v) is 9.66. The first-order chi connectivity index (χ1) is 8.38. The zero-order chi connectivity index (χ0) is 11.7. The minimum absolute atomic E-state index is 0.0984. The van der Waals surface area contributed by atoms with Crippen molar-refractivity contribution in [3.05, 3.63) is 41.6 Å². The molecule has 0 amide bonds. The summed E-state index contributed by atoms with van der Waals surface area (Å²) in [5.41, 5.74) is 4.77. The normalized spacial score (nSPS) is 16.2. The Bertz CT molecular complexity index is 569. The highest BCUT2D eigenvalue weighted by Crippen LogP contribution is 2.28. The highest BCUT2D eigenvalue weighted by Gasteiger charge is 2.11. The van der Waals surface area contributed by atoms with Gasteiger partial charge in [-0.2, -0.15) is 0 Å². The fraction of sp³-hybridized carbons (Fsp3) is 0.286. The quantitative estimate of drug-likeness (QED) is 0.736. The zero-order valence-electron chi connectivity index (χ0n) is 9.66. The molecule has 0 aliphatic carbocycles. The van der Waals surface area contributed by atoms with Crippen molar-refractivity contribution in [2.45, 2.75) is 13.0 Å². The van der Waals surface area contributed by atoms with Gasteiger partial charge in [-0.1, -0.05) is 12.1 Å². The van der Waals surface area contributed by atoms with Crippen molar-refractivity contribution in [3.63, 3.8) is 0 Å². The minimum Gasteiger partial charge on any atom is -0.392 e. The second-order valence-electron chi connectivity index (χ2n) is 4.42. The predicted octanol–water partition coefficient (Wildman–Crippen LogP) is 2.04. The Morgan fingerprint density at radius 2 is 2.24 bits per heavy atom. The molecule has 0 bridgehead atoms. The number of hydrogen-bond acceptors (Lipinski definition) is 2. The Hall–Kier alpha value is -1.58. The predicted molar refractivity (Wildman–Crippen MR) is 69.7 cm³/mol. The molecule has 1 aliphatic rings. The van der Waals surface area contributed by atoms with Crippen molar-refractivity contribution in [2.24, 2.45) is 0 Å². The van der Waals surface area contributed by atoms with Gasteiger partial charge in [0, 0.05) is 29.2 Å². The van der Waals surface area contributed by atoms with Crippen LogP contribution in [-0.4, -0.2) is 23.2 Å². The van der Waals surface area contributed by atoms with E-state index in [-0.39, 0.29) is 6.61 Å². The summed E-state index contributed by atoms with van der Waals surface area (Å²) in [6.45, 7) is 2.08. The fourth-order valence-corrected chi connectivity index (χ4v) is 2.40. The Labute approximate surface area is 100 Å². The third-order valence-electron chi connectivity index (χ3n) is 3.34. The first-order valence-electron chi connectivity index (χ1n) is 5.99. The van der Waals surface area contributed by atoms with Crippen molar-refractivity contribution in [1.29, 1.82) is 0 Å². The summed E-state index contributed by atoms with van der Waals surface area (Å²) in [6.07, 6.45) is 5.39. The van der Waals surface area contributed by atoms with Crippen LogP contribution in [0.5, 0.6) is 0 Å². The van der Waals surface area contributed by atoms with E-state index in [1.54, 1.807) is 0 Å². The Morgan fingerprint density at radius 3 is 3.00 bits per heavy atom. The third-order valence-corrected chi connectivity index (χ3v) is 3.34. The first-order valence-corrected chi connectivity index (χ1v) is 5.99. The lowest BCUT2D eigenvalue weighted by atomic mass is 9.99. The van der Waals surface area contributed by atoms with E-state index in [0.29, 0.717) is 0 Å². The molecular formula is C14H16N2O. The molecular weight excluding hydrogens is 212 g/mol. The molecule has 0 spiro atoms. The number of aliphatic hydroxyl groups is 1. The second-order valence-corrected chi connectivity index (χ2v) is 4.42. The van der Waals surface area contributed by atoms with Crippen LogP contribution in [0.15, 0.2) is 30.5 Å². The molecule has 3 nitrogen and oxygen atoms in total. The van der Waals surface area contributed by atoms with Gasteiger partial charge in [-0.25, -0.2) is 0 Å². The maximum atomic E-state index is 9.20. The molecule has 2 aromatic rings. The lowest BCUT2D eigenvalue weighted by Gasteiger charge is -2.13. The molecule has 0 unspecified atom stereocenters. The van der Waals surface area contributed by atoms with Gasteiger partial charge in [0.15, 0.2) is 0 Å². The van der Waals surface area contributed by atoms with Gasteiger partial charge in [-0.05, 0) is 36.2 Å². The van der Waals surface area contributed by atoms with E-state index in [1.807, 2.05) is 12.1 Å². The number of rotatable bonds is 2. The number of aromatic nitrogens is 1. The molecule has 88 valence electrons. The third kappa shape index (κ3) is 1.88. The molecule has 0 saturated heterocycles. The maximum Gasteiger partial charge on any atom is 0.0682 e. The van der Waals surface area contributed by atoms with Crippen LogP contribution in [0.3, 0.4) is 0 Å². The number of nitrogens with one attached hydrogen (secondary N) is 2. The van der Waals surface area contributed by atoms with Gasteiger partial charge < -0.3 is 15.4 Å². The number of H-pyrrole nitrogens is 1. The largest absolute Gasteiger partial charge is 0.392 e. The van der Waals surface area contributed by atoms with Crippen molar-refractivity contribution in [3.8, 4) is 0 Å². The lowest BCUT2D eigenvalue weighted by molar-refractivity contribution is 0.282. The lowest BCUT2D eigenvalue weighted by Crippen LogP contribution is -2.19. The monoisotopic (exact) mass is 228 g/mol. The average molecular weight is 228 g/mol. The van der Waals surface area contributed by atoms with Gasteiger partial charge >= 0.3 is 0 Å². The Balaban J connectivity index is 2.12. The average Bonchev–Trinajstić information content (AvgIpc) is 2.82. The molecule has 0 saturated carbocycles. The van der Waals surface area contributed by atoms with Gasteiger partial charge in [0.25, 0.3) is 0 Å². The highest BCUT2D eigenvalue weighted by molar-refractivity contribution is 5.93. The topological polar surface area (TPSA) is 48.0 Å². The molecule has 17 heavy (non-hydrogen) atoms. The van der Waals surface area contributed by atoms with Crippen LogP contribution in [0.25, 0.3) is 16.5 Å². The highest BCUT2D eigenvalue weighted by atomic mass is 16.3. The summed E-state index contributed by atoms with van der Waals surface area (Å²) in [5.74, 6) is 0. The van der Waals surface area contributed by atoms with Crippen LogP contribution >= 0.6 is 0 Å². The summed E-state index contributed by atoms with van der Waals surface area (Å²) in [6, 6.07) is 6.06. The molecule has 3 rings (SSSR count). The minimum atomic E-state index is 0.0984. The molecule has 1 aromatic carbocycles. The number of aliphatic hydroxyl groups excluding tert-OH is 1. The number of benzene rings is 1. The van der Waals surface area contributed by atoms with Crippen LogP contribution in [0.4, 0.5) is 0 Å². The van der Waals surface area contributed by atoms with Gasteiger partial charge in [0.05, 0.1) is 6.61 Å². The molecule has 0 fully saturated rings. The van der Waals surface area contributed by atoms with Crippen molar-refractivity contribution in [1.82, 2.24) is 10.3 Å². The van der Waals surface area contributed by atoms with E-state index in [1.165, 1.54) is 16.5 Å². The molecule has 3 N–H and O–H groups in total. The van der Waals surface area contributed by atoms with Crippen molar-refractivity contribution in [2.75, 3.05) is 13.1 Å². The van der Waals surface area contributed by atoms with E-state index < -0.39 is 0 Å². The van der Waals surface area contributed by atoms with E-state index in [4.69, 9.17) is 0 Å². The molecule has 0 radical (unpaired) electrons. The molecule has 0 atom stereocenters. The smallest absolute Gasteiger partial charge is 0.0682 e. The van der Waals surface area contributed by atoms with E-state index in [0.717, 1.165) is 30.6 Å². The van der Waals surface area contributed by atoms with Crippen LogP contribution in [0.1, 0.15) is 17.5 Å². The summed E-state index contributed by atoms with van der Waals surface area (Å²) in [7, 11) is 0. The Morgan fingerprint density at radius 1 is 1.29 bits per heavy atom. The SMILES string of the molecule is OCc1ccc2[nH]cc(C3=CCNCC3)c2c1. The van der Waals surface area contributed by atoms with Crippen molar-refractivity contribution >= 4 is 16.5 Å². The first kappa shape index (κ1) is 10.6.